The van der Waals surface area contributed by atoms with E-state index in [-0.39, 0.29) is 12.4 Å². The number of rotatable bonds is 6. The van der Waals surface area contributed by atoms with Gasteiger partial charge in [-0.25, -0.2) is 0 Å². The summed E-state index contributed by atoms with van der Waals surface area (Å²) in [6.07, 6.45) is 2.32. The molecule has 0 amide bonds. The Bertz CT molecular complexity index is 359. The molecule has 0 aliphatic carbocycles. The highest BCUT2D eigenvalue weighted by Crippen LogP contribution is 2.24. The zero-order chi connectivity index (χ0) is 15.5. The lowest BCUT2D eigenvalue weighted by atomic mass is 10.2. The second kappa shape index (κ2) is 11.2. The third kappa shape index (κ3) is 10.3. The molecule has 0 aliphatic rings. The molecule has 0 heterocycles. The third-order valence-corrected chi connectivity index (χ3v) is 2.62. The number of unbranched alkanes of at least 4 members (excludes halogenated alkanes) is 1. The van der Waals surface area contributed by atoms with Crippen molar-refractivity contribution in [3.05, 3.63) is 28.2 Å². The number of hydrogen-bond donors (Lipinski definition) is 4. The second-order valence-electron chi connectivity index (χ2n) is 4.03. The van der Waals surface area contributed by atoms with Gasteiger partial charge in [-0.05, 0) is 24.6 Å². The van der Waals surface area contributed by atoms with Gasteiger partial charge in [-0.15, -0.1) is 0 Å². The van der Waals surface area contributed by atoms with Gasteiger partial charge in [0.15, 0.2) is 0 Å². The molecule has 0 radical (unpaired) electrons. The predicted octanol–water partition coefficient (Wildman–Crippen LogP) is 1.87. The molecule has 1 atom stereocenters. The van der Waals surface area contributed by atoms with E-state index < -0.39 is 13.4 Å². The Morgan fingerprint density at radius 3 is 2.15 bits per heavy atom. The first-order chi connectivity index (χ1) is 9.38. The van der Waals surface area contributed by atoms with Crippen LogP contribution in [0.2, 0.25) is 10.0 Å². The summed E-state index contributed by atoms with van der Waals surface area (Å²) in [6.45, 7) is 1.96. The first kappa shape index (κ1) is 19.5. The first-order valence-electron chi connectivity index (χ1n) is 6.16. The molecule has 4 N–H and O–H groups in total. The Labute approximate surface area is 128 Å². The van der Waals surface area contributed by atoms with E-state index in [0.29, 0.717) is 10.0 Å². The molecular weight excluding hydrogens is 306 g/mol. The minimum absolute atomic E-state index is 0.0972. The lowest BCUT2D eigenvalue weighted by molar-refractivity contribution is 0.0865. The first-order valence-corrected chi connectivity index (χ1v) is 6.92. The zero-order valence-electron chi connectivity index (χ0n) is 11.2. The van der Waals surface area contributed by atoms with Crippen LogP contribution in [0.15, 0.2) is 18.2 Å². The predicted molar refractivity (Wildman–Crippen MR) is 79.9 cm³/mol. The van der Waals surface area contributed by atoms with Crippen molar-refractivity contribution in [3.8, 4) is 5.75 Å². The normalized spacial score (nSPS) is 11.3. The number of halogens is 2. The van der Waals surface area contributed by atoms with Crippen molar-refractivity contribution >= 4 is 30.5 Å². The largest absolute Gasteiger partial charge is 0.707 e. The van der Waals surface area contributed by atoms with E-state index in [1.807, 2.05) is 0 Å². The molecule has 1 rings (SSSR count). The lowest BCUT2D eigenvalue weighted by Gasteiger charge is -2.04. The van der Waals surface area contributed by atoms with Crippen molar-refractivity contribution in [1.29, 1.82) is 0 Å². The van der Waals surface area contributed by atoms with Crippen molar-refractivity contribution in [3.63, 3.8) is 0 Å². The van der Waals surface area contributed by atoms with Crippen molar-refractivity contribution in [1.82, 2.24) is 0 Å². The van der Waals surface area contributed by atoms with Gasteiger partial charge in [0.25, 0.3) is 0 Å². The Morgan fingerprint density at radius 1 is 1.20 bits per heavy atom. The van der Waals surface area contributed by atoms with E-state index in [9.17, 15) is 0 Å². The van der Waals surface area contributed by atoms with E-state index in [4.69, 9.17) is 43.5 Å². The molecule has 1 aromatic rings. The molecule has 1 unspecified atom stereocenters. The summed E-state index contributed by atoms with van der Waals surface area (Å²) >= 11 is 11.2. The van der Waals surface area contributed by atoms with E-state index in [2.05, 4.69) is 11.6 Å². The van der Waals surface area contributed by atoms with Gasteiger partial charge in [0.05, 0.1) is 12.7 Å². The van der Waals surface area contributed by atoms with Gasteiger partial charge < -0.3 is 24.9 Å². The van der Waals surface area contributed by atoms with Crippen LogP contribution in [-0.4, -0.2) is 40.3 Å². The lowest BCUT2D eigenvalue weighted by Crippen LogP contribution is -2.20. The van der Waals surface area contributed by atoms with Gasteiger partial charge >= 0.3 is 7.32 Å². The van der Waals surface area contributed by atoms with Crippen LogP contribution in [0, 0.1) is 0 Å². The van der Waals surface area contributed by atoms with Gasteiger partial charge in [0, 0.05) is 10.0 Å². The molecular formula is C12H19BCl2O5. The highest BCUT2D eigenvalue weighted by Gasteiger charge is 2.11. The second-order valence-corrected chi connectivity index (χ2v) is 4.90. The summed E-state index contributed by atoms with van der Waals surface area (Å²) in [5.74, 6) is 0.211. The van der Waals surface area contributed by atoms with Crippen LogP contribution in [0.5, 0.6) is 5.75 Å². The van der Waals surface area contributed by atoms with E-state index >= 15 is 0 Å². The van der Waals surface area contributed by atoms with Crippen LogP contribution in [0.25, 0.3) is 0 Å². The van der Waals surface area contributed by atoms with Crippen LogP contribution in [-0.2, 0) is 0 Å². The number of hydrogen-bond acceptors (Lipinski definition) is 5. The molecule has 8 heteroatoms. The maximum absolute atomic E-state index is 8.74. The topological polar surface area (TPSA) is 90.2 Å². The molecule has 114 valence electrons. The Kier molecular flexibility index (Phi) is 10.9. The van der Waals surface area contributed by atoms with Crippen LogP contribution >= 0.6 is 23.2 Å². The fraction of sp³-hybridized carbons (Fsp3) is 0.500. The van der Waals surface area contributed by atoms with Crippen molar-refractivity contribution in [2.75, 3.05) is 6.61 Å². The number of benzene rings is 1. The quantitative estimate of drug-likeness (QED) is 0.600. The van der Waals surface area contributed by atoms with Gasteiger partial charge in [0.1, 0.15) is 5.75 Å². The zero-order valence-corrected chi connectivity index (χ0v) is 12.7. The summed E-state index contributed by atoms with van der Waals surface area (Å²) < 4.78 is 4.52. The fourth-order valence-electron chi connectivity index (χ4n) is 1.25. The summed E-state index contributed by atoms with van der Waals surface area (Å²) in [7, 11) is -1.86. The highest BCUT2D eigenvalue weighted by atomic mass is 35.5. The Hall–Kier alpha value is -0.495. The van der Waals surface area contributed by atoms with Gasteiger partial charge in [-0.2, -0.15) is 0 Å². The monoisotopic (exact) mass is 324 g/mol. The molecule has 0 bridgehead atoms. The van der Waals surface area contributed by atoms with Crippen molar-refractivity contribution < 1.29 is 24.9 Å². The molecule has 0 spiro atoms. The van der Waals surface area contributed by atoms with Gasteiger partial charge in [-0.3, -0.25) is 0 Å². The average molecular weight is 325 g/mol. The average Bonchev–Trinajstić information content (AvgIpc) is 2.34. The summed E-state index contributed by atoms with van der Waals surface area (Å²) in [5, 5.41) is 34.7. The van der Waals surface area contributed by atoms with Crippen molar-refractivity contribution in [2.24, 2.45) is 0 Å². The maximum atomic E-state index is 8.74. The molecule has 0 fully saturated rings. The van der Waals surface area contributed by atoms with E-state index in [1.54, 1.807) is 0 Å². The number of aliphatic hydroxyl groups excluding tert-OH is 2. The van der Waals surface area contributed by atoms with Crippen LogP contribution in [0.3, 0.4) is 0 Å². The minimum Gasteiger partial charge on any atom is -0.512 e. The maximum Gasteiger partial charge on any atom is 0.707 e. The molecule has 1 aromatic carbocycles. The minimum atomic E-state index is -1.86. The molecule has 20 heavy (non-hydrogen) atoms. The van der Waals surface area contributed by atoms with Gasteiger partial charge in [0.2, 0.25) is 0 Å². The summed E-state index contributed by atoms with van der Waals surface area (Å²) in [6, 6.07) is 4.36. The number of aliphatic hydroxyl groups is 2. The van der Waals surface area contributed by atoms with Crippen LogP contribution in [0.1, 0.15) is 26.2 Å². The summed E-state index contributed by atoms with van der Waals surface area (Å²) in [4.78, 5) is 0. The van der Waals surface area contributed by atoms with Crippen LogP contribution in [0.4, 0.5) is 0 Å². The molecule has 0 aliphatic heterocycles. The molecule has 5 nitrogen and oxygen atoms in total. The van der Waals surface area contributed by atoms with E-state index in [1.165, 1.54) is 18.2 Å². The molecule has 0 saturated carbocycles. The third-order valence-electron chi connectivity index (χ3n) is 2.18. The SMILES string of the molecule is CCCCC(O)CO.OB(O)Oc1cc(Cl)cc(Cl)c1. The molecule has 0 aromatic heterocycles. The molecule has 0 saturated heterocycles. The highest BCUT2D eigenvalue weighted by molar-refractivity contribution is 6.36. The Morgan fingerprint density at radius 2 is 1.75 bits per heavy atom. The van der Waals surface area contributed by atoms with Gasteiger partial charge in [-0.1, -0.05) is 43.0 Å². The smallest absolute Gasteiger partial charge is 0.512 e. The van der Waals surface area contributed by atoms with E-state index in [0.717, 1.165) is 19.3 Å². The standard InChI is InChI=1S/C6H5BCl2O3.C6H14O2/c8-4-1-5(9)3-6(2-4)12-7(10)11;1-2-3-4-6(8)5-7/h1-3,10-11H;6-8H,2-5H2,1H3. The van der Waals surface area contributed by atoms with Crippen molar-refractivity contribution in [2.45, 2.75) is 32.3 Å². The Balaban J connectivity index is 0.000000396. The van der Waals surface area contributed by atoms with Crippen LogP contribution < -0.4 is 4.65 Å². The summed E-state index contributed by atoms with van der Waals surface area (Å²) in [5.41, 5.74) is 0. The fourth-order valence-corrected chi connectivity index (χ4v) is 1.76.